The van der Waals surface area contributed by atoms with Gasteiger partial charge >= 0.3 is 0 Å². The van der Waals surface area contributed by atoms with Gasteiger partial charge in [-0.2, -0.15) is 10.2 Å². The molecule has 0 spiro atoms. The van der Waals surface area contributed by atoms with E-state index in [0.717, 1.165) is 40.7 Å². The second-order valence-corrected chi connectivity index (χ2v) is 8.29. The van der Waals surface area contributed by atoms with E-state index in [9.17, 15) is 4.79 Å². The molecule has 1 fully saturated rings. The highest BCUT2D eigenvalue weighted by Gasteiger charge is 2.30. The number of aromatic nitrogens is 4. The van der Waals surface area contributed by atoms with E-state index in [0.29, 0.717) is 23.0 Å². The van der Waals surface area contributed by atoms with Crippen molar-refractivity contribution in [3.05, 3.63) is 86.4 Å². The molecule has 0 saturated heterocycles. The fourth-order valence-electron chi connectivity index (χ4n) is 3.85. The Bertz CT molecular complexity index is 1280. The van der Waals surface area contributed by atoms with Crippen LogP contribution in [0.25, 0.3) is 16.6 Å². The molecule has 0 bridgehead atoms. The Morgan fingerprint density at radius 2 is 1.86 bits per heavy atom. The zero-order valence-corrected chi connectivity index (χ0v) is 17.1. The first-order valence-electron chi connectivity index (χ1n) is 9.82. The summed E-state index contributed by atoms with van der Waals surface area (Å²) in [6.07, 6.45) is 4.01. The van der Waals surface area contributed by atoms with E-state index < -0.39 is 0 Å². The van der Waals surface area contributed by atoms with Crippen LogP contribution in [0.2, 0.25) is 5.02 Å². The SMILES string of the molecule is Cc1ccc(-n2ncc3c(C4CC4)nn(Cc4ccc(Cl)cc4)c(=O)c32)c(C)c1. The summed E-state index contributed by atoms with van der Waals surface area (Å²) < 4.78 is 3.35. The third kappa shape index (κ3) is 3.25. The molecular formula is C23H21ClN4O. The van der Waals surface area contributed by atoms with Gasteiger partial charge < -0.3 is 0 Å². The van der Waals surface area contributed by atoms with Gasteiger partial charge in [-0.05, 0) is 56.0 Å². The average Bonchev–Trinajstić information content (AvgIpc) is 3.44. The van der Waals surface area contributed by atoms with Gasteiger partial charge in [0.2, 0.25) is 0 Å². The van der Waals surface area contributed by atoms with Crippen LogP contribution in [0.3, 0.4) is 0 Å². The molecule has 0 unspecified atom stereocenters. The molecule has 2 heterocycles. The van der Waals surface area contributed by atoms with E-state index in [1.54, 1.807) is 15.6 Å². The van der Waals surface area contributed by atoms with Crippen LogP contribution in [0.4, 0.5) is 0 Å². The summed E-state index contributed by atoms with van der Waals surface area (Å²) in [6, 6.07) is 13.7. The van der Waals surface area contributed by atoms with E-state index in [1.165, 1.54) is 5.56 Å². The topological polar surface area (TPSA) is 52.7 Å². The van der Waals surface area contributed by atoms with Crippen LogP contribution in [-0.4, -0.2) is 19.6 Å². The van der Waals surface area contributed by atoms with Crippen molar-refractivity contribution >= 4 is 22.5 Å². The Hall–Kier alpha value is -2.92. The summed E-state index contributed by atoms with van der Waals surface area (Å²) in [5.41, 5.74) is 5.63. The lowest BCUT2D eigenvalue weighted by Crippen LogP contribution is -2.26. The van der Waals surface area contributed by atoms with Gasteiger partial charge in [0.15, 0.2) is 0 Å². The van der Waals surface area contributed by atoms with Crippen molar-refractivity contribution in [2.75, 3.05) is 0 Å². The molecule has 1 aliphatic carbocycles. The van der Waals surface area contributed by atoms with Crippen molar-refractivity contribution in [2.45, 2.75) is 39.2 Å². The molecule has 0 aliphatic heterocycles. The Balaban J connectivity index is 1.71. The molecule has 1 saturated carbocycles. The molecule has 1 aliphatic rings. The largest absolute Gasteiger partial charge is 0.293 e. The fraction of sp³-hybridized carbons (Fsp3) is 0.261. The zero-order chi connectivity index (χ0) is 20.1. The molecule has 0 amide bonds. The monoisotopic (exact) mass is 404 g/mol. The molecule has 0 atom stereocenters. The first kappa shape index (κ1) is 18.1. The van der Waals surface area contributed by atoms with Gasteiger partial charge in [-0.3, -0.25) is 4.79 Å². The van der Waals surface area contributed by atoms with Gasteiger partial charge in [0.1, 0.15) is 5.52 Å². The summed E-state index contributed by atoms with van der Waals surface area (Å²) in [6.45, 7) is 4.51. The lowest BCUT2D eigenvalue weighted by atomic mass is 10.1. The first-order valence-corrected chi connectivity index (χ1v) is 10.2. The lowest BCUT2D eigenvalue weighted by Gasteiger charge is -2.12. The highest BCUT2D eigenvalue weighted by Crippen LogP contribution is 2.41. The molecule has 0 N–H and O–H groups in total. The highest BCUT2D eigenvalue weighted by atomic mass is 35.5. The highest BCUT2D eigenvalue weighted by molar-refractivity contribution is 6.30. The Kier molecular flexibility index (Phi) is 4.28. The fourth-order valence-corrected chi connectivity index (χ4v) is 3.97. The van der Waals surface area contributed by atoms with Gasteiger partial charge in [0.25, 0.3) is 5.56 Å². The molecule has 2 aromatic carbocycles. The van der Waals surface area contributed by atoms with Gasteiger partial charge in [-0.15, -0.1) is 0 Å². The van der Waals surface area contributed by atoms with E-state index in [1.807, 2.05) is 43.3 Å². The number of aryl methyl sites for hydroxylation is 2. The maximum absolute atomic E-state index is 13.4. The van der Waals surface area contributed by atoms with Crippen LogP contribution >= 0.6 is 11.6 Å². The number of nitrogens with zero attached hydrogens (tertiary/aromatic N) is 4. The van der Waals surface area contributed by atoms with E-state index >= 15 is 0 Å². The molecule has 0 radical (unpaired) electrons. The van der Waals surface area contributed by atoms with Crippen molar-refractivity contribution < 1.29 is 0 Å². The minimum atomic E-state index is -0.128. The van der Waals surface area contributed by atoms with Crippen LogP contribution in [0, 0.1) is 13.8 Å². The minimum Gasteiger partial charge on any atom is -0.265 e. The maximum Gasteiger partial charge on any atom is 0.293 e. The number of halogens is 1. The van der Waals surface area contributed by atoms with E-state index in [-0.39, 0.29) is 5.56 Å². The van der Waals surface area contributed by atoms with Crippen LogP contribution in [0.1, 0.15) is 41.1 Å². The minimum absolute atomic E-state index is 0.128. The number of fused-ring (bicyclic) bond motifs is 1. The third-order valence-electron chi connectivity index (χ3n) is 5.50. The van der Waals surface area contributed by atoms with Crippen molar-refractivity contribution in [3.63, 3.8) is 0 Å². The van der Waals surface area contributed by atoms with Crippen LogP contribution < -0.4 is 5.56 Å². The molecule has 2 aromatic heterocycles. The Morgan fingerprint density at radius 3 is 2.55 bits per heavy atom. The lowest BCUT2D eigenvalue weighted by molar-refractivity contribution is 0.626. The van der Waals surface area contributed by atoms with Gasteiger partial charge in [-0.1, -0.05) is 41.4 Å². The first-order chi connectivity index (χ1) is 14.0. The van der Waals surface area contributed by atoms with Gasteiger partial charge in [0.05, 0.1) is 24.1 Å². The molecular weight excluding hydrogens is 384 g/mol. The second-order valence-electron chi connectivity index (χ2n) is 7.86. The molecule has 5 rings (SSSR count). The molecule has 6 heteroatoms. The Morgan fingerprint density at radius 1 is 1.10 bits per heavy atom. The maximum atomic E-state index is 13.4. The predicted molar refractivity (Wildman–Crippen MR) is 115 cm³/mol. The summed E-state index contributed by atoms with van der Waals surface area (Å²) >= 11 is 6.00. The standard InChI is InChI=1S/C23H21ClN4O/c1-14-3-10-20(15(2)11-14)28-22-19(12-25-28)21(17-6-7-17)26-27(23(22)29)13-16-4-8-18(24)9-5-16/h3-5,8-12,17H,6-7,13H2,1-2H3. The van der Waals surface area contributed by atoms with Gasteiger partial charge in [-0.25, -0.2) is 9.36 Å². The zero-order valence-electron chi connectivity index (χ0n) is 16.4. The quantitative estimate of drug-likeness (QED) is 0.492. The number of hydrogen-bond acceptors (Lipinski definition) is 3. The van der Waals surface area contributed by atoms with E-state index in [2.05, 4.69) is 18.1 Å². The number of benzene rings is 2. The summed E-state index contributed by atoms with van der Waals surface area (Å²) in [5.74, 6) is 0.409. The number of hydrogen-bond donors (Lipinski definition) is 0. The second kappa shape index (κ2) is 6.85. The average molecular weight is 405 g/mol. The van der Waals surface area contributed by atoms with Crippen molar-refractivity contribution in [1.82, 2.24) is 19.6 Å². The summed E-state index contributed by atoms with van der Waals surface area (Å²) in [7, 11) is 0. The molecule has 4 aromatic rings. The van der Waals surface area contributed by atoms with E-state index in [4.69, 9.17) is 16.7 Å². The third-order valence-corrected chi connectivity index (χ3v) is 5.75. The van der Waals surface area contributed by atoms with Crippen molar-refractivity contribution in [2.24, 2.45) is 0 Å². The summed E-state index contributed by atoms with van der Waals surface area (Å²) in [4.78, 5) is 13.4. The molecule has 146 valence electrons. The smallest absolute Gasteiger partial charge is 0.265 e. The predicted octanol–water partition coefficient (Wildman–Crippen LogP) is 4.78. The van der Waals surface area contributed by atoms with Crippen LogP contribution in [0.15, 0.2) is 53.5 Å². The normalized spacial score (nSPS) is 13.9. The van der Waals surface area contributed by atoms with Gasteiger partial charge in [0, 0.05) is 16.3 Å². The van der Waals surface area contributed by atoms with Crippen molar-refractivity contribution in [1.29, 1.82) is 0 Å². The number of rotatable bonds is 4. The van der Waals surface area contributed by atoms with Crippen molar-refractivity contribution in [3.8, 4) is 5.69 Å². The molecule has 29 heavy (non-hydrogen) atoms. The Labute approximate surface area is 173 Å². The summed E-state index contributed by atoms with van der Waals surface area (Å²) in [5, 5.41) is 10.9. The van der Waals surface area contributed by atoms with Crippen LogP contribution in [-0.2, 0) is 6.54 Å². The molecule has 5 nitrogen and oxygen atoms in total. The van der Waals surface area contributed by atoms with Crippen LogP contribution in [0.5, 0.6) is 0 Å².